The van der Waals surface area contributed by atoms with Crippen molar-refractivity contribution in [3.8, 4) is 0 Å². The van der Waals surface area contributed by atoms with Crippen molar-refractivity contribution in [2.45, 2.75) is 30.7 Å². The maximum atomic E-state index is 12.8. The molecule has 0 aliphatic carbocycles. The number of aromatic nitrogens is 2. The minimum absolute atomic E-state index is 0.319. The van der Waals surface area contributed by atoms with Crippen LogP contribution in [0.15, 0.2) is 28.6 Å². The van der Waals surface area contributed by atoms with E-state index in [-0.39, 0.29) is 12.0 Å². The van der Waals surface area contributed by atoms with E-state index in [0.717, 1.165) is 12.2 Å². The van der Waals surface area contributed by atoms with Crippen LogP contribution in [0.25, 0.3) is 0 Å². The van der Waals surface area contributed by atoms with Gasteiger partial charge in [0.25, 0.3) is 5.91 Å². The number of piperazine rings is 1. The summed E-state index contributed by atoms with van der Waals surface area (Å²) >= 11 is 1.55. The molecule has 12 nitrogen and oxygen atoms in total. The number of thioether (sulfide) groups is 1. The third kappa shape index (κ3) is 4.97. The van der Waals surface area contributed by atoms with Crippen molar-refractivity contribution in [3.05, 3.63) is 18.5 Å². The smallest absolute Gasteiger partial charge is 0.409 e. The molecule has 4 amide bonds. The molecular weight excluding hydrogens is 448 g/mol. The molecular formula is C20H28N8O4S. The lowest BCUT2D eigenvalue weighted by Crippen LogP contribution is -2.64. The second-order valence-corrected chi connectivity index (χ2v) is 8.85. The lowest BCUT2D eigenvalue weighted by atomic mass is 10.1. The summed E-state index contributed by atoms with van der Waals surface area (Å²) < 4.78 is 5.10. The first-order chi connectivity index (χ1) is 16.0. The van der Waals surface area contributed by atoms with Gasteiger partial charge in [-0.25, -0.2) is 24.5 Å². The fourth-order valence-corrected chi connectivity index (χ4v) is 4.80. The highest BCUT2D eigenvalue weighted by atomic mass is 32.2. The predicted molar refractivity (Wildman–Crippen MR) is 121 cm³/mol. The molecule has 0 radical (unpaired) electrons. The van der Waals surface area contributed by atoms with Crippen LogP contribution in [0, 0.1) is 0 Å². The van der Waals surface area contributed by atoms with Gasteiger partial charge in [0.2, 0.25) is 0 Å². The van der Waals surface area contributed by atoms with Crippen LogP contribution in [-0.2, 0) is 9.53 Å². The highest BCUT2D eigenvalue weighted by molar-refractivity contribution is 7.99. The fourth-order valence-electron chi connectivity index (χ4n) is 4.08. The molecule has 3 aliphatic heterocycles. The molecule has 2 fully saturated rings. The summed E-state index contributed by atoms with van der Waals surface area (Å²) in [5.41, 5.74) is 0. The lowest BCUT2D eigenvalue weighted by Gasteiger charge is -2.40. The molecule has 2 saturated heterocycles. The third-order valence-corrected chi connectivity index (χ3v) is 6.71. The fraction of sp³-hybridized carbons (Fsp3) is 0.600. The summed E-state index contributed by atoms with van der Waals surface area (Å²) in [4.78, 5) is 57.4. The van der Waals surface area contributed by atoms with Crippen LogP contribution in [0.1, 0.15) is 13.3 Å². The SMILES string of the molecule is CCOC(=O)N1CCN(C2=NC3C(C(=O)NC(=O)N3C)N2CCCSc2ncccn2)CC1. The van der Waals surface area contributed by atoms with Crippen molar-refractivity contribution in [1.29, 1.82) is 0 Å². The number of hydrogen-bond donors (Lipinski definition) is 1. The second kappa shape index (κ2) is 10.2. The van der Waals surface area contributed by atoms with Gasteiger partial charge in [-0.1, -0.05) is 11.8 Å². The summed E-state index contributed by atoms with van der Waals surface area (Å²) in [7, 11) is 1.64. The Labute approximate surface area is 196 Å². The van der Waals surface area contributed by atoms with E-state index in [1.807, 2.05) is 4.90 Å². The molecule has 1 aromatic rings. The number of urea groups is 1. The molecule has 2 unspecified atom stereocenters. The molecule has 1 N–H and O–H groups in total. The first kappa shape index (κ1) is 23.1. The van der Waals surface area contributed by atoms with E-state index in [1.165, 1.54) is 4.90 Å². The van der Waals surface area contributed by atoms with Crippen molar-refractivity contribution in [2.24, 2.45) is 4.99 Å². The van der Waals surface area contributed by atoms with E-state index < -0.39 is 18.2 Å². The number of nitrogens with one attached hydrogen (secondary N) is 1. The molecule has 4 rings (SSSR count). The summed E-state index contributed by atoms with van der Waals surface area (Å²) in [6.07, 6.45) is 3.30. The van der Waals surface area contributed by atoms with Gasteiger partial charge in [-0.2, -0.15) is 0 Å². The highest BCUT2D eigenvalue weighted by Gasteiger charge is 2.49. The average Bonchev–Trinajstić information content (AvgIpc) is 3.21. The van der Waals surface area contributed by atoms with E-state index in [4.69, 9.17) is 9.73 Å². The van der Waals surface area contributed by atoms with Crippen LogP contribution in [0.3, 0.4) is 0 Å². The number of aliphatic imine (C=N–C) groups is 1. The largest absolute Gasteiger partial charge is 0.450 e. The molecule has 3 aliphatic rings. The number of nitrogens with zero attached hydrogens (tertiary/aromatic N) is 7. The zero-order valence-electron chi connectivity index (χ0n) is 18.7. The van der Waals surface area contributed by atoms with E-state index in [0.29, 0.717) is 50.4 Å². The van der Waals surface area contributed by atoms with Gasteiger partial charge in [0, 0.05) is 57.9 Å². The molecule has 178 valence electrons. The van der Waals surface area contributed by atoms with Crippen LogP contribution < -0.4 is 5.32 Å². The van der Waals surface area contributed by atoms with Crippen LogP contribution in [0.4, 0.5) is 9.59 Å². The second-order valence-electron chi connectivity index (χ2n) is 7.79. The van der Waals surface area contributed by atoms with Gasteiger partial charge in [0.1, 0.15) is 0 Å². The molecule has 33 heavy (non-hydrogen) atoms. The normalized spacial score (nSPS) is 22.8. The van der Waals surface area contributed by atoms with Crippen molar-refractivity contribution in [3.63, 3.8) is 0 Å². The van der Waals surface area contributed by atoms with Crippen molar-refractivity contribution < 1.29 is 19.1 Å². The summed E-state index contributed by atoms with van der Waals surface area (Å²) in [5, 5.41) is 3.14. The van der Waals surface area contributed by atoms with Gasteiger partial charge >= 0.3 is 12.1 Å². The first-order valence-corrected chi connectivity index (χ1v) is 12.0. The molecule has 0 spiro atoms. The number of carbonyl (C=O) groups excluding carboxylic acids is 3. The number of ether oxygens (including phenoxy) is 1. The number of guanidine groups is 1. The average molecular weight is 477 g/mol. The van der Waals surface area contributed by atoms with E-state index in [9.17, 15) is 14.4 Å². The third-order valence-electron chi connectivity index (χ3n) is 5.74. The number of fused-ring (bicyclic) bond motifs is 1. The van der Waals surface area contributed by atoms with Crippen molar-refractivity contribution in [2.75, 3.05) is 52.1 Å². The maximum Gasteiger partial charge on any atom is 0.409 e. The van der Waals surface area contributed by atoms with Crippen LogP contribution in [0.5, 0.6) is 0 Å². The number of carbonyl (C=O) groups is 3. The molecule has 0 bridgehead atoms. The Kier molecular flexibility index (Phi) is 7.16. The van der Waals surface area contributed by atoms with Crippen LogP contribution >= 0.6 is 11.8 Å². The zero-order valence-corrected chi connectivity index (χ0v) is 19.5. The first-order valence-electron chi connectivity index (χ1n) is 11.0. The molecule has 0 aromatic carbocycles. The highest BCUT2D eigenvalue weighted by Crippen LogP contribution is 2.27. The minimum Gasteiger partial charge on any atom is -0.450 e. The Bertz CT molecular complexity index is 909. The van der Waals surface area contributed by atoms with Gasteiger partial charge < -0.3 is 24.3 Å². The van der Waals surface area contributed by atoms with Gasteiger partial charge in [-0.05, 0) is 19.4 Å². The Morgan fingerprint density at radius 3 is 2.64 bits per heavy atom. The van der Waals surface area contributed by atoms with Gasteiger partial charge in [-0.3, -0.25) is 10.1 Å². The van der Waals surface area contributed by atoms with Crippen LogP contribution in [-0.4, -0.2) is 118 Å². The molecule has 2 atom stereocenters. The number of rotatable bonds is 6. The van der Waals surface area contributed by atoms with Gasteiger partial charge in [-0.15, -0.1) is 0 Å². The van der Waals surface area contributed by atoms with Crippen molar-refractivity contribution >= 4 is 35.8 Å². The number of hydrogen-bond acceptors (Lipinski definition) is 10. The Morgan fingerprint density at radius 2 is 1.94 bits per heavy atom. The van der Waals surface area contributed by atoms with Crippen LogP contribution in [0.2, 0.25) is 0 Å². The lowest BCUT2D eigenvalue weighted by molar-refractivity contribution is -0.127. The standard InChI is InChI=1S/C20H28N8O4S/c1-3-32-20(31)27-11-9-26(10-12-27)18-23-15-14(16(29)24-19(30)25(15)2)28(18)8-5-13-33-17-21-6-4-7-22-17/h4,6-7,14-15H,3,5,8-13H2,1-2H3,(H,24,29,30). The summed E-state index contributed by atoms with van der Waals surface area (Å²) in [6.45, 7) is 4.86. The monoisotopic (exact) mass is 476 g/mol. The Balaban J connectivity index is 1.44. The number of imide groups is 1. The van der Waals surface area contributed by atoms with Gasteiger partial charge in [0.05, 0.1) is 6.61 Å². The molecule has 13 heteroatoms. The molecule has 4 heterocycles. The molecule has 1 aromatic heterocycles. The number of amides is 4. The zero-order chi connectivity index (χ0) is 23.4. The Hall–Kier alpha value is -3.09. The van der Waals surface area contributed by atoms with E-state index in [1.54, 1.807) is 49.1 Å². The number of likely N-dealkylation sites (N-methyl/N-ethyl adjacent to an activating group) is 1. The summed E-state index contributed by atoms with van der Waals surface area (Å²) in [5.74, 6) is 1.12. The molecule has 0 saturated carbocycles. The topological polar surface area (TPSA) is 124 Å². The maximum absolute atomic E-state index is 12.8. The van der Waals surface area contributed by atoms with E-state index in [2.05, 4.69) is 20.2 Å². The summed E-state index contributed by atoms with van der Waals surface area (Å²) in [6, 6.07) is 0.747. The Morgan fingerprint density at radius 1 is 1.21 bits per heavy atom. The van der Waals surface area contributed by atoms with Gasteiger partial charge in [0.15, 0.2) is 23.3 Å². The predicted octanol–water partition coefficient (Wildman–Crippen LogP) is 0.281. The minimum atomic E-state index is -0.580. The van der Waals surface area contributed by atoms with Crippen molar-refractivity contribution in [1.82, 2.24) is 34.9 Å². The quantitative estimate of drug-likeness (QED) is 0.350. The van der Waals surface area contributed by atoms with E-state index >= 15 is 0 Å².